The molecule has 0 aliphatic carbocycles. The van der Waals surface area contributed by atoms with Gasteiger partial charge in [0.15, 0.2) is 0 Å². The number of carbonyl (C=O) groups excluding carboxylic acids is 1. The molecule has 0 aromatic heterocycles. The van der Waals surface area contributed by atoms with Crippen LogP contribution < -0.4 is 10.2 Å². The molecule has 0 radical (unpaired) electrons. The first-order valence-corrected chi connectivity index (χ1v) is 7.28. The molecule has 1 unspecified atom stereocenters. The average Bonchev–Trinajstić information content (AvgIpc) is 2.36. The molecule has 1 aromatic carbocycles. The number of anilines is 1. The van der Waals surface area contributed by atoms with Gasteiger partial charge in [0.1, 0.15) is 0 Å². The minimum absolute atomic E-state index is 0.0909. The van der Waals surface area contributed by atoms with E-state index in [2.05, 4.69) is 35.2 Å². The molecule has 3 nitrogen and oxygen atoms in total. The number of rotatable bonds is 7. The highest BCUT2D eigenvalue weighted by Gasteiger charge is 2.07. The van der Waals surface area contributed by atoms with Gasteiger partial charge in [0.05, 0.1) is 26.6 Å². The first-order chi connectivity index (χ1) is 8.61. The second-order valence-electron chi connectivity index (χ2n) is 4.62. The van der Waals surface area contributed by atoms with Crippen LogP contribution in [0.2, 0.25) is 0 Å². The molecule has 0 aliphatic heterocycles. The van der Waals surface area contributed by atoms with Gasteiger partial charge >= 0.3 is 0 Å². The molecule has 0 saturated heterocycles. The number of unbranched alkanes of at least 4 members (excludes halogenated alkanes) is 1. The lowest BCUT2D eigenvalue weighted by Gasteiger charge is -2.13. The lowest BCUT2D eigenvalue weighted by atomic mass is 10.3. The van der Waals surface area contributed by atoms with Crippen molar-refractivity contribution in [1.29, 1.82) is 0 Å². The molecule has 100 valence electrons. The molecule has 0 saturated carbocycles. The van der Waals surface area contributed by atoms with Crippen molar-refractivity contribution in [3.63, 3.8) is 0 Å². The fourth-order valence-electron chi connectivity index (χ4n) is 1.69. The molecule has 2 N–H and O–H groups in total. The Balaban J connectivity index is 2.27. The normalized spacial score (nSPS) is 12.2. The maximum Gasteiger partial charge on any atom is 0.230 e. The summed E-state index contributed by atoms with van der Waals surface area (Å²) < 4.78 is 1.02. The maximum absolute atomic E-state index is 11.7. The third kappa shape index (κ3) is 6.17. The van der Waals surface area contributed by atoms with Gasteiger partial charge < -0.3 is 10.2 Å². The summed E-state index contributed by atoms with van der Waals surface area (Å²) in [5.74, 6) is 0.0909. The van der Waals surface area contributed by atoms with Crippen LogP contribution in [0.3, 0.4) is 0 Å². The summed E-state index contributed by atoms with van der Waals surface area (Å²) in [6.45, 7) is 4.22. The SMILES string of the molecule is CCCC[NH+](C)CCC(=O)Nc1ccc(Br)cc1. The zero-order valence-corrected chi connectivity index (χ0v) is 12.7. The van der Waals surface area contributed by atoms with E-state index in [-0.39, 0.29) is 5.91 Å². The van der Waals surface area contributed by atoms with Gasteiger partial charge in [-0.15, -0.1) is 0 Å². The number of benzene rings is 1. The second kappa shape index (κ2) is 8.27. The molecule has 1 amide bonds. The molecule has 1 aromatic rings. The van der Waals surface area contributed by atoms with E-state index in [9.17, 15) is 4.79 Å². The van der Waals surface area contributed by atoms with Gasteiger partial charge in [0.2, 0.25) is 5.91 Å². The summed E-state index contributed by atoms with van der Waals surface area (Å²) in [7, 11) is 2.14. The molecular weight excluding hydrogens is 292 g/mol. The summed E-state index contributed by atoms with van der Waals surface area (Å²) in [4.78, 5) is 13.2. The van der Waals surface area contributed by atoms with E-state index in [0.29, 0.717) is 6.42 Å². The fourth-order valence-corrected chi connectivity index (χ4v) is 1.95. The number of carbonyl (C=O) groups is 1. The minimum Gasteiger partial charge on any atom is -0.337 e. The number of amides is 1. The zero-order chi connectivity index (χ0) is 13.4. The maximum atomic E-state index is 11.7. The number of quaternary nitrogens is 1. The van der Waals surface area contributed by atoms with Crippen LogP contribution in [0.4, 0.5) is 5.69 Å². The molecule has 4 heteroatoms. The topological polar surface area (TPSA) is 33.5 Å². The van der Waals surface area contributed by atoms with Crippen molar-refractivity contribution < 1.29 is 9.69 Å². The molecule has 1 rings (SSSR count). The van der Waals surface area contributed by atoms with E-state index in [1.807, 2.05) is 24.3 Å². The Morgan fingerprint density at radius 2 is 1.94 bits per heavy atom. The van der Waals surface area contributed by atoms with Crippen molar-refractivity contribution in [2.24, 2.45) is 0 Å². The van der Waals surface area contributed by atoms with E-state index in [4.69, 9.17) is 0 Å². The monoisotopic (exact) mass is 313 g/mol. The van der Waals surface area contributed by atoms with Gasteiger partial charge in [-0.05, 0) is 30.7 Å². The quantitative estimate of drug-likeness (QED) is 0.794. The van der Waals surface area contributed by atoms with Crippen molar-refractivity contribution in [1.82, 2.24) is 0 Å². The van der Waals surface area contributed by atoms with Crippen LogP contribution in [0.15, 0.2) is 28.7 Å². The lowest BCUT2D eigenvalue weighted by molar-refractivity contribution is -0.879. The van der Waals surface area contributed by atoms with E-state index < -0.39 is 0 Å². The summed E-state index contributed by atoms with van der Waals surface area (Å²) in [5.41, 5.74) is 0.856. The molecule has 1 atom stereocenters. The smallest absolute Gasteiger partial charge is 0.230 e. The summed E-state index contributed by atoms with van der Waals surface area (Å²) >= 11 is 3.37. The Hall–Kier alpha value is -0.870. The number of nitrogens with one attached hydrogen (secondary N) is 2. The van der Waals surface area contributed by atoms with Gasteiger partial charge in [-0.3, -0.25) is 4.79 Å². The minimum atomic E-state index is 0.0909. The average molecular weight is 314 g/mol. The Morgan fingerprint density at radius 3 is 2.56 bits per heavy atom. The largest absolute Gasteiger partial charge is 0.337 e. The van der Waals surface area contributed by atoms with Gasteiger partial charge in [-0.25, -0.2) is 0 Å². The molecule has 0 aliphatic rings. The van der Waals surface area contributed by atoms with E-state index in [1.54, 1.807) is 0 Å². The Labute approximate surface area is 118 Å². The molecule has 0 fully saturated rings. The van der Waals surface area contributed by atoms with Gasteiger partial charge in [0.25, 0.3) is 0 Å². The van der Waals surface area contributed by atoms with Gasteiger partial charge in [0, 0.05) is 10.2 Å². The molecule has 0 heterocycles. The highest BCUT2D eigenvalue weighted by Crippen LogP contribution is 2.13. The lowest BCUT2D eigenvalue weighted by Crippen LogP contribution is -3.09. The Bertz CT molecular complexity index is 365. The predicted molar refractivity (Wildman–Crippen MR) is 78.9 cm³/mol. The molecule has 0 bridgehead atoms. The standard InChI is InChI=1S/C14H21BrN2O/c1-3-4-10-17(2)11-9-14(18)16-13-7-5-12(15)6-8-13/h5-8H,3-4,9-11H2,1-2H3,(H,16,18)/p+1. The van der Waals surface area contributed by atoms with Gasteiger partial charge in [-0.2, -0.15) is 0 Å². The fraction of sp³-hybridized carbons (Fsp3) is 0.500. The van der Waals surface area contributed by atoms with Crippen molar-refractivity contribution >= 4 is 27.5 Å². The highest BCUT2D eigenvalue weighted by atomic mass is 79.9. The van der Waals surface area contributed by atoms with E-state index in [0.717, 1.165) is 23.2 Å². The van der Waals surface area contributed by atoms with Crippen LogP contribution in [0.25, 0.3) is 0 Å². The number of halogens is 1. The zero-order valence-electron chi connectivity index (χ0n) is 11.1. The van der Waals surface area contributed by atoms with Crippen LogP contribution in [-0.2, 0) is 4.79 Å². The van der Waals surface area contributed by atoms with Crippen molar-refractivity contribution in [3.05, 3.63) is 28.7 Å². The summed E-state index contributed by atoms with van der Waals surface area (Å²) in [6.07, 6.45) is 3.01. The summed E-state index contributed by atoms with van der Waals surface area (Å²) in [5, 5.41) is 2.91. The van der Waals surface area contributed by atoms with Crippen LogP contribution in [0.1, 0.15) is 26.2 Å². The van der Waals surface area contributed by atoms with Crippen molar-refractivity contribution in [2.45, 2.75) is 26.2 Å². The van der Waals surface area contributed by atoms with Crippen LogP contribution >= 0.6 is 15.9 Å². The number of hydrogen-bond acceptors (Lipinski definition) is 1. The number of hydrogen-bond donors (Lipinski definition) is 2. The van der Waals surface area contributed by atoms with Crippen LogP contribution in [-0.4, -0.2) is 26.0 Å². The predicted octanol–water partition coefficient (Wildman–Crippen LogP) is 2.09. The first-order valence-electron chi connectivity index (χ1n) is 6.48. The Morgan fingerprint density at radius 1 is 1.28 bits per heavy atom. The van der Waals surface area contributed by atoms with Crippen molar-refractivity contribution in [3.8, 4) is 0 Å². The van der Waals surface area contributed by atoms with Crippen LogP contribution in [0.5, 0.6) is 0 Å². The van der Waals surface area contributed by atoms with E-state index >= 15 is 0 Å². The molecular formula is C14H22BrN2O+. The summed E-state index contributed by atoms with van der Waals surface area (Å²) in [6, 6.07) is 7.65. The first kappa shape index (κ1) is 15.2. The third-order valence-corrected chi connectivity index (χ3v) is 3.39. The van der Waals surface area contributed by atoms with Gasteiger partial charge in [-0.1, -0.05) is 29.3 Å². The Kier molecular flexibility index (Phi) is 6.98. The van der Waals surface area contributed by atoms with Crippen LogP contribution in [0, 0.1) is 0 Å². The van der Waals surface area contributed by atoms with E-state index in [1.165, 1.54) is 17.7 Å². The highest BCUT2D eigenvalue weighted by molar-refractivity contribution is 9.10. The third-order valence-electron chi connectivity index (χ3n) is 2.86. The molecule has 18 heavy (non-hydrogen) atoms. The molecule has 0 spiro atoms. The second-order valence-corrected chi connectivity index (χ2v) is 5.53. The van der Waals surface area contributed by atoms with Crippen molar-refractivity contribution in [2.75, 3.05) is 25.5 Å².